The van der Waals surface area contributed by atoms with E-state index in [2.05, 4.69) is 0 Å². The minimum atomic E-state index is -0.531. The lowest BCUT2D eigenvalue weighted by molar-refractivity contribution is -0.122. The van der Waals surface area contributed by atoms with Crippen molar-refractivity contribution in [2.45, 2.75) is 33.8 Å². The molecule has 2 rings (SSSR count). The Morgan fingerprint density at radius 1 is 1.26 bits per heavy atom. The second-order valence-corrected chi connectivity index (χ2v) is 4.76. The number of rotatable bonds is 3. The average Bonchev–Trinajstić information content (AvgIpc) is 2.26. The molecule has 1 heterocycles. The van der Waals surface area contributed by atoms with Gasteiger partial charge in [0.05, 0.1) is 5.39 Å². The molecule has 0 aliphatic carbocycles. The predicted octanol–water partition coefficient (Wildman–Crippen LogP) is 2.77. The Bertz CT molecular complexity index is 697. The van der Waals surface area contributed by atoms with Crippen LogP contribution in [0.2, 0.25) is 0 Å². The van der Waals surface area contributed by atoms with Crippen LogP contribution in [0.25, 0.3) is 11.0 Å². The zero-order valence-corrected chi connectivity index (χ0v) is 11.4. The molecule has 0 unspecified atom stereocenters. The van der Waals surface area contributed by atoms with Crippen LogP contribution in [0.1, 0.15) is 25.0 Å². The van der Waals surface area contributed by atoms with Gasteiger partial charge in [-0.1, -0.05) is 0 Å². The van der Waals surface area contributed by atoms with Gasteiger partial charge in [-0.05, 0) is 51.0 Å². The summed E-state index contributed by atoms with van der Waals surface area (Å²) in [5.41, 5.74) is 1.78. The maximum absolute atomic E-state index is 11.4. The molecule has 1 aromatic carbocycles. The van der Waals surface area contributed by atoms with Crippen LogP contribution in [-0.4, -0.2) is 11.9 Å². The van der Waals surface area contributed by atoms with Crippen molar-refractivity contribution in [3.8, 4) is 5.75 Å². The topological polar surface area (TPSA) is 56.5 Å². The molecule has 100 valence electrons. The molecule has 0 saturated carbocycles. The van der Waals surface area contributed by atoms with E-state index in [9.17, 15) is 9.59 Å². The van der Waals surface area contributed by atoms with Crippen molar-refractivity contribution in [1.29, 1.82) is 0 Å². The summed E-state index contributed by atoms with van der Waals surface area (Å²) in [6.45, 7) is 6.88. The Morgan fingerprint density at radius 3 is 2.58 bits per heavy atom. The van der Waals surface area contributed by atoms with Crippen LogP contribution in [-0.2, 0) is 4.79 Å². The Labute approximate surface area is 111 Å². The number of benzene rings is 1. The number of hydrogen-bond acceptors (Lipinski definition) is 4. The van der Waals surface area contributed by atoms with E-state index in [1.807, 2.05) is 19.9 Å². The van der Waals surface area contributed by atoms with E-state index in [1.165, 1.54) is 13.0 Å². The van der Waals surface area contributed by atoms with E-state index in [-0.39, 0.29) is 11.4 Å². The fraction of sp³-hybridized carbons (Fsp3) is 0.333. The van der Waals surface area contributed by atoms with Crippen molar-refractivity contribution in [3.63, 3.8) is 0 Å². The minimum absolute atomic E-state index is 0.0512. The lowest BCUT2D eigenvalue weighted by Gasteiger charge is -2.15. The van der Waals surface area contributed by atoms with Crippen LogP contribution in [0, 0.1) is 13.8 Å². The normalized spacial score (nSPS) is 12.4. The zero-order chi connectivity index (χ0) is 14.2. The Morgan fingerprint density at radius 2 is 1.95 bits per heavy atom. The molecule has 0 N–H and O–H groups in total. The molecule has 0 bridgehead atoms. The second-order valence-electron chi connectivity index (χ2n) is 4.76. The lowest BCUT2D eigenvalue weighted by atomic mass is 10.1. The summed E-state index contributed by atoms with van der Waals surface area (Å²) < 4.78 is 10.9. The third kappa shape index (κ3) is 2.67. The number of carbonyl (C=O) groups is 1. The molecule has 0 amide bonds. The summed E-state index contributed by atoms with van der Waals surface area (Å²) in [4.78, 5) is 22.7. The van der Waals surface area contributed by atoms with Gasteiger partial charge < -0.3 is 9.15 Å². The quantitative estimate of drug-likeness (QED) is 0.796. The molecule has 0 spiro atoms. The second kappa shape index (κ2) is 4.88. The van der Waals surface area contributed by atoms with Gasteiger partial charge in [0.2, 0.25) is 0 Å². The van der Waals surface area contributed by atoms with Gasteiger partial charge in [-0.3, -0.25) is 4.79 Å². The molecule has 0 radical (unpaired) electrons. The first kappa shape index (κ1) is 13.3. The van der Waals surface area contributed by atoms with Crippen LogP contribution < -0.4 is 10.4 Å². The Balaban J connectivity index is 2.66. The number of ketones is 1. The molecule has 0 aliphatic rings. The average molecular weight is 260 g/mol. The number of ether oxygens (including phenoxy) is 1. The Kier molecular flexibility index (Phi) is 3.42. The summed E-state index contributed by atoms with van der Waals surface area (Å²) in [6, 6.07) is 5.05. The predicted molar refractivity (Wildman–Crippen MR) is 72.7 cm³/mol. The van der Waals surface area contributed by atoms with Gasteiger partial charge in [-0.15, -0.1) is 0 Å². The van der Waals surface area contributed by atoms with Gasteiger partial charge in [0.15, 0.2) is 11.9 Å². The summed E-state index contributed by atoms with van der Waals surface area (Å²) in [6.07, 6.45) is -0.531. The van der Waals surface area contributed by atoms with Crippen molar-refractivity contribution in [1.82, 2.24) is 0 Å². The molecule has 4 heteroatoms. The van der Waals surface area contributed by atoms with Crippen molar-refractivity contribution >= 4 is 16.8 Å². The maximum atomic E-state index is 11.4. The van der Waals surface area contributed by atoms with E-state index in [4.69, 9.17) is 9.15 Å². The highest BCUT2D eigenvalue weighted by atomic mass is 16.5. The highest BCUT2D eigenvalue weighted by molar-refractivity contribution is 5.88. The van der Waals surface area contributed by atoms with Crippen molar-refractivity contribution in [2.24, 2.45) is 0 Å². The van der Waals surface area contributed by atoms with Crippen molar-refractivity contribution < 1.29 is 13.9 Å². The van der Waals surface area contributed by atoms with Crippen LogP contribution in [0.3, 0.4) is 0 Å². The number of aryl methyl sites for hydroxylation is 2. The van der Waals surface area contributed by atoms with Gasteiger partial charge >= 0.3 is 5.63 Å². The van der Waals surface area contributed by atoms with E-state index in [0.29, 0.717) is 11.3 Å². The molecule has 1 atom stereocenters. The van der Waals surface area contributed by atoms with Gasteiger partial charge in [0.1, 0.15) is 11.3 Å². The first-order valence-electron chi connectivity index (χ1n) is 6.10. The van der Waals surface area contributed by atoms with E-state index in [1.54, 1.807) is 13.0 Å². The van der Waals surface area contributed by atoms with Gasteiger partial charge in [-0.25, -0.2) is 4.79 Å². The van der Waals surface area contributed by atoms with Crippen molar-refractivity contribution in [3.05, 3.63) is 39.7 Å². The third-order valence-corrected chi connectivity index (χ3v) is 3.03. The van der Waals surface area contributed by atoms with Crippen LogP contribution in [0.5, 0.6) is 5.75 Å². The molecule has 0 saturated heterocycles. The molecule has 4 nitrogen and oxygen atoms in total. The summed E-state index contributed by atoms with van der Waals surface area (Å²) in [7, 11) is 0. The summed E-state index contributed by atoms with van der Waals surface area (Å²) in [5.74, 6) is 0.517. The molecule has 19 heavy (non-hydrogen) atoms. The van der Waals surface area contributed by atoms with E-state index < -0.39 is 6.10 Å². The largest absolute Gasteiger partial charge is 0.482 e. The van der Waals surface area contributed by atoms with Gasteiger partial charge in [0.25, 0.3) is 0 Å². The first-order chi connectivity index (χ1) is 8.88. The zero-order valence-electron chi connectivity index (χ0n) is 11.4. The SMILES string of the molecule is CC(=O)[C@H](C)Oc1cc(C)cc2oc(=O)cc(C)c12. The van der Waals surface area contributed by atoms with Crippen LogP contribution >= 0.6 is 0 Å². The fourth-order valence-corrected chi connectivity index (χ4v) is 1.94. The fourth-order valence-electron chi connectivity index (χ4n) is 1.94. The third-order valence-electron chi connectivity index (χ3n) is 3.03. The standard InChI is InChI=1S/C15H16O4/c1-8-5-12(18-11(4)10(3)16)15-9(2)7-14(17)19-13(15)6-8/h5-7,11H,1-4H3/t11-/m0/s1. The van der Waals surface area contributed by atoms with Gasteiger partial charge in [-0.2, -0.15) is 0 Å². The van der Waals surface area contributed by atoms with E-state index in [0.717, 1.165) is 16.5 Å². The molecule has 0 aliphatic heterocycles. The van der Waals surface area contributed by atoms with Crippen LogP contribution in [0.15, 0.2) is 27.4 Å². The number of hydrogen-bond donors (Lipinski definition) is 0. The number of fused-ring (bicyclic) bond motifs is 1. The monoisotopic (exact) mass is 260 g/mol. The molecule has 1 aromatic heterocycles. The lowest BCUT2D eigenvalue weighted by Crippen LogP contribution is -2.21. The molecular weight excluding hydrogens is 244 g/mol. The maximum Gasteiger partial charge on any atom is 0.336 e. The van der Waals surface area contributed by atoms with Gasteiger partial charge in [0, 0.05) is 6.07 Å². The van der Waals surface area contributed by atoms with Crippen LogP contribution in [0.4, 0.5) is 0 Å². The molecule has 0 fully saturated rings. The van der Waals surface area contributed by atoms with Crippen molar-refractivity contribution in [2.75, 3.05) is 0 Å². The minimum Gasteiger partial charge on any atom is -0.482 e. The summed E-state index contributed by atoms with van der Waals surface area (Å²) >= 11 is 0. The highest BCUT2D eigenvalue weighted by Crippen LogP contribution is 2.30. The molecule has 2 aromatic rings. The smallest absolute Gasteiger partial charge is 0.336 e. The molecular formula is C15H16O4. The number of Topliss-reactive ketones (excluding diaryl/α,β-unsaturated/α-hetero) is 1. The Hall–Kier alpha value is -2.10. The van der Waals surface area contributed by atoms with E-state index >= 15 is 0 Å². The summed E-state index contributed by atoms with van der Waals surface area (Å²) in [5, 5.41) is 0.735. The first-order valence-corrected chi connectivity index (χ1v) is 6.10. The highest BCUT2D eigenvalue weighted by Gasteiger charge is 2.15. The number of carbonyl (C=O) groups excluding carboxylic acids is 1.